The molecule has 0 aliphatic heterocycles. The Morgan fingerprint density at radius 1 is 1.43 bits per heavy atom. The first kappa shape index (κ1) is 9.81. The van der Waals surface area contributed by atoms with Gasteiger partial charge in [0.25, 0.3) is 0 Å². The fraction of sp³-hybridized carbons (Fsp3) is 0.909. The molecule has 80 valence electrons. The van der Waals surface area contributed by atoms with Crippen molar-refractivity contribution in [1.29, 1.82) is 0 Å². The van der Waals surface area contributed by atoms with Gasteiger partial charge in [-0.05, 0) is 36.0 Å². The van der Waals surface area contributed by atoms with Crippen molar-refractivity contribution in [2.45, 2.75) is 46.1 Å². The molecule has 2 rings (SSSR count). The molecule has 2 bridgehead atoms. The number of hydrogen-bond acceptors (Lipinski definition) is 1. The molecule has 0 aromatic heterocycles. The predicted molar refractivity (Wildman–Crippen MR) is 55.7 cm³/mol. The molecule has 14 heavy (non-hydrogen) atoms. The average Bonchev–Trinajstić information content (AvgIpc) is 2.35. The Bertz CT molecular complexity index is 274. The van der Waals surface area contributed by atoms with Crippen LogP contribution in [0.1, 0.15) is 40.0 Å². The highest BCUT2D eigenvalue weighted by Gasteiger charge is 2.61. The Labute approximate surface area is 85.4 Å². The molecule has 3 heteroatoms. The minimum absolute atomic E-state index is 0.243. The number of rotatable bonds is 1. The number of carbonyl (C=O) groups is 1. The van der Waals surface area contributed by atoms with E-state index in [-0.39, 0.29) is 17.5 Å². The van der Waals surface area contributed by atoms with Crippen LogP contribution in [0, 0.1) is 16.7 Å². The van der Waals surface area contributed by atoms with E-state index >= 15 is 0 Å². The van der Waals surface area contributed by atoms with Crippen LogP contribution in [0.4, 0.5) is 4.79 Å². The van der Waals surface area contributed by atoms with Crippen LogP contribution in [0.5, 0.6) is 0 Å². The summed E-state index contributed by atoms with van der Waals surface area (Å²) in [5.74, 6) is 0.754. The van der Waals surface area contributed by atoms with Crippen molar-refractivity contribution in [1.82, 2.24) is 5.32 Å². The lowest BCUT2D eigenvalue weighted by molar-refractivity contribution is 0.124. The van der Waals surface area contributed by atoms with E-state index < -0.39 is 0 Å². The summed E-state index contributed by atoms with van der Waals surface area (Å²) in [6.45, 7) is 6.95. The Morgan fingerprint density at radius 2 is 2.07 bits per heavy atom. The summed E-state index contributed by atoms with van der Waals surface area (Å²) in [5, 5.41) is 2.91. The van der Waals surface area contributed by atoms with E-state index in [1.54, 1.807) is 0 Å². The quantitative estimate of drug-likeness (QED) is 0.661. The Morgan fingerprint density at radius 3 is 2.43 bits per heavy atom. The predicted octanol–water partition coefficient (Wildman–Crippen LogP) is 1.87. The average molecular weight is 196 g/mol. The normalized spacial score (nSPS) is 43.9. The van der Waals surface area contributed by atoms with E-state index in [0.29, 0.717) is 5.41 Å². The molecule has 0 aromatic carbocycles. The van der Waals surface area contributed by atoms with Gasteiger partial charge in [-0.3, -0.25) is 0 Å². The second-order valence-electron chi connectivity index (χ2n) is 5.67. The van der Waals surface area contributed by atoms with E-state index in [0.717, 1.165) is 12.3 Å². The summed E-state index contributed by atoms with van der Waals surface area (Å²) in [6.07, 6.45) is 3.63. The number of nitrogens with two attached hydrogens (primary N) is 1. The van der Waals surface area contributed by atoms with Gasteiger partial charge < -0.3 is 11.1 Å². The molecule has 0 unspecified atom stereocenters. The Hall–Kier alpha value is -0.730. The summed E-state index contributed by atoms with van der Waals surface area (Å²) in [6, 6.07) is -0.0895. The molecular formula is C11H20N2O. The van der Waals surface area contributed by atoms with Gasteiger partial charge in [0.05, 0.1) is 0 Å². The van der Waals surface area contributed by atoms with Crippen molar-refractivity contribution in [2.75, 3.05) is 0 Å². The van der Waals surface area contributed by atoms with Crippen molar-refractivity contribution in [3.8, 4) is 0 Å². The van der Waals surface area contributed by atoms with Crippen molar-refractivity contribution in [3.05, 3.63) is 0 Å². The van der Waals surface area contributed by atoms with E-state index in [4.69, 9.17) is 5.73 Å². The van der Waals surface area contributed by atoms with E-state index in [2.05, 4.69) is 26.1 Å². The van der Waals surface area contributed by atoms with Crippen LogP contribution in [0.25, 0.3) is 0 Å². The van der Waals surface area contributed by atoms with Crippen LogP contribution in [0.2, 0.25) is 0 Å². The first-order chi connectivity index (χ1) is 6.38. The molecule has 0 saturated heterocycles. The van der Waals surface area contributed by atoms with Crippen molar-refractivity contribution >= 4 is 6.03 Å². The van der Waals surface area contributed by atoms with Crippen molar-refractivity contribution < 1.29 is 4.79 Å². The molecule has 0 heterocycles. The lowest BCUT2D eigenvalue weighted by atomic mass is 9.69. The number of urea groups is 1. The number of hydrogen-bond donors (Lipinski definition) is 2. The maximum atomic E-state index is 10.9. The van der Waals surface area contributed by atoms with Gasteiger partial charge in [-0.15, -0.1) is 0 Å². The minimum atomic E-state index is -0.375. The van der Waals surface area contributed by atoms with Crippen LogP contribution < -0.4 is 11.1 Å². The Kier molecular flexibility index (Phi) is 1.85. The highest BCUT2D eigenvalue weighted by atomic mass is 16.2. The number of fused-ring (bicyclic) bond motifs is 2. The summed E-state index contributed by atoms with van der Waals surface area (Å²) in [7, 11) is 0. The zero-order valence-electron chi connectivity index (χ0n) is 9.26. The number of nitrogens with one attached hydrogen (secondary N) is 1. The number of primary amides is 1. The van der Waals surface area contributed by atoms with Crippen LogP contribution in [0.15, 0.2) is 0 Å². The Balaban J connectivity index is 2.23. The number of carbonyl (C=O) groups excluding carboxylic acids is 1. The second kappa shape index (κ2) is 2.65. The highest BCUT2D eigenvalue weighted by molar-refractivity contribution is 5.72. The fourth-order valence-electron chi connectivity index (χ4n) is 3.59. The van der Waals surface area contributed by atoms with Gasteiger partial charge >= 0.3 is 6.03 Å². The molecule has 2 aliphatic carbocycles. The standard InChI is InChI=1S/C11H20N2O/c1-10(2)7-4-5-11(10,3)8(6-7)13-9(12)14/h7-8H,4-6H2,1-3H3,(H3,12,13,14)/t7-,8+,11+/m0/s1. The molecule has 2 fully saturated rings. The monoisotopic (exact) mass is 196 g/mol. The summed E-state index contributed by atoms with van der Waals surface area (Å²) in [4.78, 5) is 10.9. The summed E-state index contributed by atoms with van der Waals surface area (Å²) < 4.78 is 0. The van der Waals surface area contributed by atoms with E-state index in [1.807, 2.05) is 0 Å². The molecule has 2 aliphatic rings. The maximum absolute atomic E-state index is 10.9. The third-order valence-corrected chi connectivity index (χ3v) is 5.11. The summed E-state index contributed by atoms with van der Waals surface area (Å²) >= 11 is 0. The van der Waals surface area contributed by atoms with Gasteiger partial charge in [-0.25, -0.2) is 4.79 Å². The molecule has 2 saturated carbocycles. The summed E-state index contributed by atoms with van der Waals surface area (Å²) in [5.41, 5.74) is 5.79. The topological polar surface area (TPSA) is 55.1 Å². The smallest absolute Gasteiger partial charge is 0.312 e. The molecule has 0 spiro atoms. The van der Waals surface area contributed by atoms with Crippen LogP contribution >= 0.6 is 0 Å². The van der Waals surface area contributed by atoms with Crippen molar-refractivity contribution in [2.24, 2.45) is 22.5 Å². The van der Waals surface area contributed by atoms with E-state index in [9.17, 15) is 4.79 Å². The zero-order valence-corrected chi connectivity index (χ0v) is 9.26. The zero-order chi connectivity index (χ0) is 10.6. The first-order valence-electron chi connectivity index (χ1n) is 5.44. The molecule has 0 aromatic rings. The highest BCUT2D eigenvalue weighted by Crippen LogP contribution is 2.65. The van der Waals surface area contributed by atoms with Crippen LogP contribution in [-0.4, -0.2) is 12.1 Å². The molecule has 0 radical (unpaired) electrons. The van der Waals surface area contributed by atoms with Crippen LogP contribution in [0.3, 0.4) is 0 Å². The minimum Gasteiger partial charge on any atom is -0.352 e. The largest absolute Gasteiger partial charge is 0.352 e. The van der Waals surface area contributed by atoms with Crippen LogP contribution in [-0.2, 0) is 0 Å². The van der Waals surface area contributed by atoms with Gasteiger partial charge in [0, 0.05) is 6.04 Å². The van der Waals surface area contributed by atoms with Gasteiger partial charge in [-0.1, -0.05) is 20.8 Å². The lowest BCUT2D eigenvalue weighted by Gasteiger charge is -2.39. The number of amides is 2. The molecule has 2 amide bonds. The first-order valence-corrected chi connectivity index (χ1v) is 5.44. The van der Waals surface area contributed by atoms with Gasteiger partial charge in [0.1, 0.15) is 0 Å². The molecule has 3 N–H and O–H groups in total. The SMILES string of the molecule is CC1(C)[C@H]2CC[C@]1(C)[C@H](NC(N)=O)C2. The lowest BCUT2D eigenvalue weighted by Crippen LogP contribution is -2.48. The van der Waals surface area contributed by atoms with E-state index in [1.165, 1.54) is 12.8 Å². The third-order valence-electron chi connectivity index (χ3n) is 5.11. The second-order valence-corrected chi connectivity index (χ2v) is 5.67. The maximum Gasteiger partial charge on any atom is 0.312 e. The molecular weight excluding hydrogens is 176 g/mol. The fourth-order valence-corrected chi connectivity index (χ4v) is 3.59. The van der Waals surface area contributed by atoms with Gasteiger partial charge in [0.15, 0.2) is 0 Å². The van der Waals surface area contributed by atoms with Gasteiger partial charge in [-0.2, -0.15) is 0 Å². The van der Waals surface area contributed by atoms with Crippen molar-refractivity contribution in [3.63, 3.8) is 0 Å². The van der Waals surface area contributed by atoms with Gasteiger partial charge in [0.2, 0.25) is 0 Å². The molecule has 3 atom stereocenters. The molecule has 3 nitrogen and oxygen atoms in total. The third kappa shape index (κ3) is 1.01.